The minimum atomic E-state index is -4.02. The van der Waals surface area contributed by atoms with E-state index in [1.807, 2.05) is 6.92 Å². The molecule has 0 aliphatic carbocycles. The Bertz CT molecular complexity index is 802. The van der Waals surface area contributed by atoms with Gasteiger partial charge in [-0.05, 0) is 57.5 Å². The molecule has 0 unspecified atom stereocenters. The van der Waals surface area contributed by atoms with E-state index in [2.05, 4.69) is 50.4 Å². The Morgan fingerprint density at radius 3 is 1.92 bits per heavy atom. The first kappa shape index (κ1) is 20.4. The van der Waals surface area contributed by atoms with Gasteiger partial charge < -0.3 is 10.1 Å². The van der Waals surface area contributed by atoms with Crippen molar-refractivity contribution in [2.75, 3.05) is 13.1 Å². The molecule has 3 rings (SSSR count). The van der Waals surface area contributed by atoms with Gasteiger partial charge in [0.05, 0.1) is 4.90 Å². The average molecular weight is 378 g/mol. The molecule has 26 heavy (non-hydrogen) atoms. The van der Waals surface area contributed by atoms with Crippen LogP contribution in [0.3, 0.4) is 0 Å². The van der Waals surface area contributed by atoms with Gasteiger partial charge in [-0.25, -0.2) is 0 Å². The molecule has 1 fully saturated rings. The number of hydrogen-bond acceptors (Lipinski definition) is 4. The third kappa shape index (κ3) is 6.44. The molecule has 2 N–H and O–H groups in total. The summed E-state index contributed by atoms with van der Waals surface area (Å²) in [4.78, 5) is -0.0666. The van der Waals surface area contributed by atoms with E-state index in [1.54, 1.807) is 12.1 Å². The largest absolute Gasteiger partial charge is 0.488 e. The van der Waals surface area contributed by atoms with Crippen LogP contribution in [0.4, 0.5) is 0 Å². The molecule has 1 aliphatic rings. The quantitative estimate of drug-likeness (QED) is 0.796. The zero-order valence-corrected chi connectivity index (χ0v) is 16.5. The SMILES string of the molecule is CC(C)(C)Oc1ccc(C2CNC2)cc1.Cc1ccc(S(=O)(=O)O)cc1. The summed E-state index contributed by atoms with van der Waals surface area (Å²) in [6.45, 7) is 10.3. The van der Waals surface area contributed by atoms with Crippen LogP contribution < -0.4 is 10.1 Å². The molecule has 5 nitrogen and oxygen atoms in total. The summed E-state index contributed by atoms with van der Waals surface area (Å²) in [7, 11) is -4.02. The lowest BCUT2D eigenvalue weighted by Crippen LogP contribution is -2.39. The standard InChI is InChI=1S/C13H19NO.C7H8O3S/c1-13(2,3)15-12-6-4-10(5-7-12)11-8-14-9-11;1-6-2-4-7(5-3-6)11(8,9)10/h4-7,11,14H,8-9H2,1-3H3;2-5H,1H3,(H,8,9,10). The lowest BCUT2D eigenvalue weighted by atomic mass is 9.94. The Hall–Kier alpha value is -1.89. The summed E-state index contributed by atoms with van der Waals surface area (Å²) in [5, 5.41) is 3.28. The maximum Gasteiger partial charge on any atom is 0.294 e. The van der Waals surface area contributed by atoms with E-state index in [-0.39, 0.29) is 10.5 Å². The van der Waals surface area contributed by atoms with Crippen molar-refractivity contribution in [1.82, 2.24) is 5.32 Å². The van der Waals surface area contributed by atoms with Crippen molar-refractivity contribution in [3.63, 3.8) is 0 Å². The third-order valence-corrected chi connectivity index (χ3v) is 4.74. The summed E-state index contributed by atoms with van der Waals surface area (Å²) in [5.74, 6) is 1.66. The predicted octanol–water partition coefficient (Wildman–Crippen LogP) is 3.79. The fourth-order valence-corrected chi connectivity index (χ4v) is 2.88. The minimum absolute atomic E-state index is 0.0666. The molecule has 0 saturated carbocycles. The van der Waals surface area contributed by atoms with Crippen molar-refractivity contribution >= 4 is 10.1 Å². The van der Waals surface area contributed by atoms with Crippen molar-refractivity contribution in [3.05, 3.63) is 59.7 Å². The summed E-state index contributed by atoms with van der Waals surface area (Å²) in [6, 6.07) is 14.5. The molecule has 0 bridgehead atoms. The zero-order valence-electron chi connectivity index (χ0n) is 15.7. The number of ether oxygens (including phenoxy) is 1. The van der Waals surface area contributed by atoms with Gasteiger partial charge in [-0.1, -0.05) is 29.8 Å². The van der Waals surface area contributed by atoms with Gasteiger partial charge in [-0.3, -0.25) is 4.55 Å². The maximum absolute atomic E-state index is 10.5. The molecule has 1 aliphatic heterocycles. The van der Waals surface area contributed by atoms with E-state index in [1.165, 1.54) is 17.7 Å². The van der Waals surface area contributed by atoms with Crippen molar-refractivity contribution in [2.24, 2.45) is 0 Å². The lowest BCUT2D eigenvalue weighted by molar-refractivity contribution is 0.131. The van der Waals surface area contributed by atoms with Gasteiger partial charge in [0.2, 0.25) is 0 Å². The van der Waals surface area contributed by atoms with Gasteiger partial charge in [0.1, 0.15) is 11.4 Å². The Labute approximate surface area is 156 Å². The molecule has 2 aromatic rings. The number of rotatable bonds is 3. The molecule has 0 aromatic heterocycles. The predicted molar refractivity (Wildman–Crippen MR) is 103 cm³/mol. The van der Waals surface area contributed by atoms with Crippen LogP contribution in [-0.4, -0.2) is 31.7 Å². The van der Waals surface area contributed by atoms with Gasteiger partial charge in [-0.15, -0.1) is 0 Å². The van der Waals surface area contributed by atoms with Crippen LogP contribution in [0.25, 0.3) is 0 Å². The normalized spacial score (nSPS) is 14.8. The second kappa shape index (κ2) is 8.20. The van der Waals surface area contributed by atoms with E-state index in [9.17, 15) is 8.42 Å². The first-order valence-electron chi connectivity index (χ1n) is 8.58. The highest BCUT2D eigenvalue weighted by Crippen LogP contribution is 2.24. The van der Waals surface area contributed by atoms with Crippen molar-refractivity contribution in [3.8, 4) is 5.75 Å². The van der Waals surface area contributed by atoms with Crippen LogP contribution in [0.2, 0.25) is 0 Å². The zero-order chi connectivity index (χ0) is 19.4. The first-order valence-corrected chi connectivity index (χ1v) is 10.0. The number of hydrogen-bond donors (Lipinski definition) is 2. The summed E-state index contributed by atoms with van der Waals surface area (Å²) in [6.07, 6.45) is 0. The van der Waals surface area contributed by atoms with Crippen LogP contribution in [0, 0.1) is 6.92 Å². The van der Waals surface area contributed by atoms with Crippen LogP contribution in [0.5, 0.6) is 5.75 Å². The molecule has 6 heteroatoms. The number of aryl methyl sites for hydroxylation is 1. The van der Waals surface area contributed by atoms with E-state index in [4.69, 9.17) is 9.29 Å². The molecule has 1 saturated heterocycles. The van der Waals surface area contributed by atoms with Crippen molar-refractivity contribution < 1.29 is 17.7 Å². The molecule has 142 valence electrons. The fourth-order valence-electron chi connectivity index (χ4n) is 2.40. The van der Waals surface area contributed by atoms with Crippen LogP contribution in [0.1, 0.15) is 37.8 Å². The molecule has 0 amide bonds. The summed E-state index contributed by atoms with van der Waals surface area (Å²) in [5.41, 5.74) is 2.26. The molecule has 0 spiro atoms. The highest BCUT2D eigenvalue weighted by atomic mass is 32.2. The second-order valence-corrected chi connectivity index (χ2v) is 8.85. The van der Waals surface area contributed by atoms with Gasteiger partial charge in [0, 0.05) is 19.0 Å². The number of nitrogens with one attached hydrogen (secondary N) is 1. The monoisotopic (exact) mass is 377 g/mol. The van der Waals surface area contributed by atoms with Gasteiger partial charge >= 0.3 is 0 Å². The van der Waals surface area contributed by atoms with E-state index in [0.717, 1.165) is 24.4 Å². The number of benzene rings is 2. The third-order valence-electron chi connectivity index (χ3n) is 3.88. The van der Waals surface area contributed by atoms with Crippen LogP contribution in [-0.2, 0) is 10.1 Å². The molecule has 1 heterocycles. The summed E-state index contributed by atoms with van der Waals surface area (Å²) >= 11 is 0. The molecular formula is C20H27NO4S. The van der Waals surface area contributed by atoms with Gasteiger partial charge in [0.25, 0.3) is 10.1 Å². The Morgan fingerprint density at radius 2 is 1.54 bits per heavy atom. The fraction of sp³-hybridized carbons (Fsp3) is 0.400. The summed E-state index contributed by atoms with van der Waals surface area (Å²) < 4.78 is 35.3. The Balaban J connectivity index is 0.000000197. The molecule has 2 aromatic carbocycles. The van der Waals surface area contributed by atoms with E-state index in [0.29, 0.717) is 5.92 Å². The van der Waals surface area contributed by atoms with Gasteiger partial charge in [-0.2, -0.15) is 8.42 Å². The molecule has 0 radical (unpaired) electrons. The van der Waals surface area contributed by atoms with Crippen molar-refractivity contribution in [1.29, 1.82) is 0 Å². The highest BCUT2D eigenvalue weighted by molar-refractivity contribution is 7.85. The Morgan fingerprint density at radius 1 is 1.00 bits per heavy atom. The molecule has 0 atom stereocenters. The van der Waals surface area contributed by atoms with E-state index < -0.39 is 10.1 Å². The van der Waals surface area contributed by atoms with E-state index >= 15 is 0 Å². The lowest BCUT2D eigenvalue weighted by Gasteiger charge is -2.28. The van der Waals surface area contributed by atoms with Crippen molar-refractivity contribution in [2.45, 2.75) is 44.1 Å². The average Bonchev–Trinajstić information content (AvgIpc) is 2.46. The van der Waals surface area contributed by atoms with Crippen LogP contribution >= 0.6 is 0 Å². The van der Waals surface area contributed by atoms with Gasteiger partial charge in [0.15, 0.2) is 0 Å². The smallest absolute Gasteiger partial charge is 0.294 e. The second-order valence-electron chi connectivity index (χ2n) is 7.43. The topological polar surface area (TPSA) is 75.6 Å². The first-order chi connectivity index (χ1) is 12.0. The molecular weight excluding hydrogens is 350 g/mol. The maximum atomic E-state index is 10.5. The minimum Gasteiger partial charge on any atom is -0.488 e. The Kier molecular flexibility index (Phi) is 6.44. The highest BCUT2D eigenvalue weighted by Gasteiger charge is 2.19. The van der Waals surface area contributed by atoms with Crippen LogP contribution in [0.15, 0.2) is 53.4 Å².